The molecule has 0 amide bonds. The Labute approximate surface area is 49.9 Å². The lowest BCUT2D eigenvalue weighted by atomic mass is 10.4. The van der Waals surface area contributed by atoms with Crippen LogP contribution in [0.15, 0.2) is 0 Å². The van der Waals surface area contributed by atoms with E-state index in [4.69, 9.17) is 10.2 Å². The molecule has 2 N–H and O–H groups in total. The van der Waals surface area contributed by atoms with Crippen molar-refractivity contribution < 1.29 is 19.9 Å². The van der Waals surface area contributed by atoms with Crippen LogP contribution in [0.1, 0.15) is 0 Å². The Balaban J connectivity index is 3.63. The van der Waals surface area contributed by atoms with Crippen LogP contribution in [0.4, 0.5) is 0 Å². The maximum atomic E-state index is 9.65. The van der Waals surface area contributed by atoms with E-state index in [9.17, 15) is 14.9 Å². The smallest absolute Gasteiger partial charge is 0.340 e. The maximum Gasteiger partial charge on any atom is 0.340 e. The molecular formula is C3H4NO5. The fourth-order valence-electron chi connectivity index (χ4n) is 0.179. The molecule has 6 nitrogen and oxygen atoms in total. The van der Waals surface area contributed by atoms with Gasteiger partial charge in [-0.25, -0.2) is 4.79 Å². The van der Waals surface area contributed by atoms with E-state index in [0.717, 1.165) is 0 Å². The molecule has 1 radical (unpaired) electrons. The minimum absolute atomic E-state index is 0.0856. The number of nitrogens with zero attached hydrogens (tertiary/aromatic N) is 1. The third-order valence-corrected chi connectivity index (χ3v) is 0.516. The van der Waals surface area contributed by atoms with Gasteiger partial charge in [-0.3, -0.25) is 10.1 Å². The Morgan fingerprint density at radius 1 is 1.78 bits per heavy atom. The summed E-state index contributed by atoms with van der Waals surface area (Å²) in [4.78, 5) is 18.1. The highest BCUT2D eigenvalue weighted by molar-refractivity contribution is 5.73. The molecule has 0 saturated carbocycles. The van der Waals surface area contributed by atoms with E-state index in [1.807, 2.05) is 0 Å². The first kappa shape index (κ1) is 7.83. The molecule has 0 fully saturated rings. The summed E-state index contributed by atoms with van der Waals surface area (Å²) in [6.45, 7) is 0.0856. The second-order valence-electron chi connectivity index (χ2n) is 1.22. The molecule has 0 aliphatic heterocycles. The van der Waals surface area contributed by atoms with Crippen LogP contribution in [0.25, 0.3) is 0 Å². The number of hydrogen-bond donors (Lipinski definition) is 2. The molecule has 1 unspecified atom stereocenters. The first-order valence-corrected chi connectivity index (χ1v) is 1.93. The van der Waals surface area contributed by atoms with Crippen molar-refractivity contribution in [2.45, 2.75) is 6.10 Å². The predicted octanol–water partition coefficient (Wildman–Crippen LogP) is -1.13. The average molecular weight is 134 g/mol. The van der Waals surface area contributed by atoms with Crippen LogP contribution in [0.5, 0.6) is 0 Å². The molecule has 0 aromatic rings. The molecule has 0 aliphatic carbocycles. The molecule has 6 heteroatoms. The van der Waals surface area contributed by atoms with Gasteiger partial charge in [0.15, 0.2) is 0 Å². The van der Waals surface area contributed by atoms with E-state index in [-0.39, 0.29) is 6.54 Å². The predicted molar refractivity (Wildman–Crippen MR) is 24.9 cm³/mol. The SMILES string of the molecule is O=C(O)C(O)[CH][N+](=O)[O-]. The van der Waals surface area contributed by atoms with Gasteiger partial charge in [0, 0.05) is 4.92 Å². The molecule has 51 valence electrons. The highest BCUT2D eigenvalue weighted by Crippen LogP contribution is 1.88. The number of aliphatic carboxylic acids is 1. The fraction of sp³-hybridized carbons (Fsp3) is 0.333. The number of nitro groups is 1. The molecule has 0 aromatic carbocycles. The molecule has 0 saturated heterocycles. The summed E-state index contributed by atoms with van der Waals surface area (Å²) in [6, 6.07) is 0. The standard InChI is InChI=1S/C3H4NO5/c5-2(3(6)7)1-4(8)9/h1-2,5H,(H,6,7). The summed E-state index contributed by atoms with van der Waals surface area (Å²) >= 11 is 0. The maximum absolute atomic E-state index is 9.65. The van der Waals surface area contributed by atoms with Gasteiger partial charge in [0.25, 0.3) is 0 Å². The van der Waals surface area contributed by atoms with Gasteiger partial charge >= 0.3 is 12.5 Å². The number of carbonyl (C=O) groups is 1. The number of rotatable bonds is 3. The van der Waals surface area contributed by atoms with Crippen LogP contribution in [-0.4, -0.2) is 27.2 Å². The number of carboxylic acid groups (broad SMARTS) is 1. The lowest BCUT2D eigenvalue weighted by molar-refractivity contribution is -0.444. The van der Waals surface area contributed by atoms with E-state index in [1.54, 1.807) is 0 Å². The molecule has 0 aliphatic rings. The van der Waals surface area contributed by atoms with E-state index < -0.39 is 17.0 Å². The topological polar surface area (TPSA) is 101 Å². The summed E-state index contributed by atoms with van der Waals surface area (Å²) in [6.07, 6.45) is -2.01. The van der Waals surface area contributed by atoms with Gasteiger partial charge in [-0.15, -0.1) is 0 Å². The van der Waals surface area contributed by atoms with E-state index in [2.05, 4.69) is 0 Å². The third-order valence-electron chi connectivity index (χ3n) is 0.516. The van der Waals surface area contributed by atoms with Gasteiger partial charge in [0.1, 0.15) is 0 Å². The van der Waals surface area contributed by atoms with Gasteiger partial charge in [-0.2, -0.15) is 0 Å². The van der Waals surface area contributed by atoms with Crippen LogP contribution in [0.3, 0.4) is 0 Å². The zero-order valence-electron chi connectivity index (χ0n) is 4.22. The molecule has 0 heterocycles. The van der Waals surface area contributed by atoms with Crippen LogP contribution in [0.2, 0.25) is 0 Å². The Kier molecular flexibility index (Phi) is 2.59. The van der Waals surface area contributed by atoms with Crippen molar-refractivity contribution in [1.29, 1.82) is 0 Å². The number of aliphatic hydroxyl groups is 1. The minimum atomic E-state index is -2.01. The first-order chi connectivity index (χ1) is 4.04. The van der Waals surface area contributed by atoms with Crippen molar-refractivity contribution in [1.82, 2.24) is 0 Å². The van der Waals surface area contributed by atoms with E-state index in [0.29, 0.717) is 0 Å². The zero-order valence-corrected chi connectivity index (χ0v) is 4.22. The number of hydrogen-bond acceptors (Lipinski definition) is 4. The quantitative estimate of drug-likeness (QED) is 0.375. The highest BCUT2D eigenvalue weighted by Gasteiger charge is 2.20. The molecule has 1 atom stereocenters. The Morgan fingerprint density at radius 2 is 2.22 bits per heavy atom. The highest BCUT2D eigenvalue weighted by atomic mass is 16.6. The van der Waals surface area contributed by atoms with Gasteiger partial charge < -0.3 is 10.2 Å². The van der Waals surface area contributed by atoms with Crippen molar-refractivity contribution >= 4 is 5.97 Å². The fourth-order valence-corrected chi connectivity index (χ4v) is 0.179. The molecule has 0 aromatic heterocycles. The van der Waals surface area contributed by atoms with Crippen LogP contribution < -0.4 is 0 Å². The number of aliphatic hydroxyl groups excluding tert-OH is 1. The summed E-state index contributed by atoms with van der Waals surface area (Å²) in [5, 5.41) is 25.5. The molecule has 0 spiro atoms. The normalized spacial score (nSPS) is 12.6. The van der Waals surface area contributed by atoms with Gasteiger partial charge in [-0.05, 0) is 0 Å². The largest absolute Gasteiger partial charge is 0.479 e. The lowest BCUT2D eigenvalue weighted by Gasteiger charge is -1.94. The van der Waals surface area contributed by atoms with Crippen LogP contribution >= 0.6 is 0 Å². The lowest BCUT2D eigenvalue weighted by Crippen LogP contribution is -2.23. The molecule has 0 bridgehead atoms. The zero-order chi connectivity index (χ0) is 7.44. The summed E-state index contributed by atoms with van der Waals surface area (Å²) in [5.74, 6) is -1.63. The van der Waals surface area contributed by atoms with Crippen molar-refractivity contribution in [2.75, 3.05) is 0 Å². The minimum Gasteiger partial charge on any atom is -0.479 e. The average Bonchev–Trinajstić information content (AvgIpc) is 1.63. The van der Waals surface area contributed by atoms with Crippen molar-refractivity contribution in [3.8, 4) is 0 Å². The van der Waals surface area contributed by atoms with Crippen molar-refractivity contribution in [3.05, 3.63) is 16.7 Å². The monoisotopic (exact) mass is 134 g/mol. The second-order valence-corrected chi connectivity index (χ2v) is 1.22. The van der Waals surface area contributed by atoms with Crippen LogP contribution in [0, 0.1) is 16.7 Å². The Bertz CT molecular complexity index is 132. The van der Waals surface area contributed by atoms with Gasteiger partial charge in [0.05, 0.1) is 0 Å². The van der Waals surface area contributed by atoms with Crippen LogP contribution in [-0.2, 0) is 4.79 Å². The Hall–Kier alpha value is -1.17. The number of carboxylic acids is 1. The van der Waals surface area contributed by atoms with Crippen molar-refractivity contribution in [3.63, 3.8) is 0 Å². The summed E-state index contributed by atoms with van der Waals surface area (Å²) in [5.41, 5.74) is 0. The van der Waals surface area contributed by atoms with Crippen molar-refractivity contribution in [2.24, 2.45) is 0 Å². The van der Waals surface area contributed by atoms with E-state index in [1.165, 1.54) is 0 Å². The second kappa shape index (κ2) is 2.98. The van der Waals surface area contributed by atoms with E-state index >= 15 is 0 Å². The van der Waals surface area contributed by atoms with Gasteiger partial charge in [-0.1, -0.05) is 0 Å². The molecule has 0 rings (SSSR count). The summed E-state index contributed by atoms with van der Waals surface area (Å²) in [7, 11) is 0. The third kappa shape index (κ3) is 3.42. The Morgan fingerprint density at radius 3 is 2.33 bits per heavy atom. The van der Waals surface area contributed by atoms with Gasteiger partial charge in [0.2, 0.25) is 6.10 Å². The molecule has 9 heavy (non-hydrogen) atoms. The molecular weight excluding hydrogens is 130 g/mol. The summed E-state index contributed by atoms with van der Waals surface area (Å²) < 4.78 is 0. The first-order valence-electron chi connectivity index (χ1n) is 1.93.